The quantitative estimate of drug-likeness (QED) is 0.0172. The van der Waals surface area contributed by atoms with Gasteiger partial charge in [0.2, 0.25) is 0 Å². The molecular formula is C58H100O14. The normalized spacial score (nSPS) is 25.7. The van der Waals surface area contributed by atoms with Crippen LogP contribution in [0.5, 0.6) is 0 Å². The van der Waals surface area contributed by atoms with E-state index in [4.69, 9.17) is 28.4 Å². The highest BCUT2D eigenvalue weighted by atomic mass is 16.7. The number of esters is 1. The van der Waals surface area contributed by atoms with Gasteiger partial charge in [-0.2, -0.15) is 0 Å². The summed E-state index contributed by atoms with van der Waals surface area (Å²) < 4.78 is 34.3. The minimum absolute atomic E-state index is 0.0520. The minimum atomic E-state index is -1.71. The molecule has 0 saturated carbocycles. The standard InChI is InChI=1S/C58H100O14/c1-3-5-7-9-11-13-15-17-18-19-20-21-22-23-24-25-26-27-28-29-30-32-34-36-38-40-42-67-44-47(70-50(60)41-39-37-35-33-31-16-14-12-10-8-6-4-2)45-68-57-56(66)54(64)52(62)49(72-57)46-69-58-55(65)53(63)51(61)48(43-59)71-58/h5,7,11,13,17-18,20-21,23-24,26-27,47-49,51-59,61-66H,3-4,6,8-10,12,14-16,19,22,25,28-46H2,1-2H3/b7-5-,13-11-,18-17-,21-20-,24-23-,27-26-. The van der Waals surface area contributed by atoms with Gasteiger partial charge in [0.25, 0.3) is 0 Å². The summed E-state index contributed by atoms with van der Waals surface area (Å²) >= 11 is 0. The Bertz CT molecular complexity index is 1460. The number of aliphatic hydroxyl groups is 7. The molecule has 0 spiro atoms. The maximum Gasteiger partial charge on any atom is 0.306 e. The Hall–Kier alpha value is -2.57. The van der Waals surface area contributed by atoms with E-state index in [2.05, 4.69) is 86.8 Å². The molecule has 2 aliphatic rings. The predicted octanol–water partition coefficient (Wildman–Crippen LogP) is 9.47. The molecule has 14 heteroatoms. The van der Waals surface area contributed by atoms with Crippen LogP contribution in [0.3, 0.4) is 0 Å². The van der Waals surface area contributed by atoms with Crippen molar-refractivity contribution in [2.75, 3.05) is 33.0 Å². The lowest BCUT2D eigenvalue weighted by molar-refractivity contribution is -0.332. The Morgan fingerprint density at radius 1 is 0.472 bits per heavy atom. The molecule has 11 unspecified atom stereocenters. The Morgan fingerprint density at radius 2 is 0.903 bits per heavy atom. The van der Waals surface area contributed by atoms with Gasteiger partial charge in [0, 0.05) is 13.0 Å². The first-order chi connectivity index (χ1) is 35.1. The monoisotopic (exact) mass is 1020 g/mol. The highest BCUT2D eigenvalue weighted by molar-refractivity contribution is 5.69. The lowest BCUT2D eigenvalue weighted by Crippen LogP contribution is -2.61. The van der Waals surface area contributed by atoms with Crippen LogP contribution in [0.1, 0.15) is 187 Å². The molecule has 0 radical (unpaired) electrons. The maximum atomic E-state index is 13.0. The van der Waals surface area contributed by atoms with E-state index in [0.29, 0.717) is 13.0 Å². The maximum absolute atomic E-state index is 13.0. The molecule has 2 aliphatic heterocycles. The van der Waals surface area contributed by atoms with Crippen LogP contribution in [0, 0.1) is 0 Å². The fourth-order valence-electron chi connectivity index (χ4n) is 8.46. The van der Waals surface area contributed by atoms with Crippen LogP contribution in [-0.2, 0) is 33.2 Å². The van der Waals surface area contributed by atoms with Gasteiger partial charge in [0.05, 0.1) is 26.4 Å². The van der Waals surface area contributed by atoms with Crippen molar-refractivity contribution < 1.29 is 69.0 Å². The molecule has 0 aromatic rings. The molecule has 2 rings (SSSR count). The number of allylic oxidation sites excluding steroid dienone is 12. The highest BCUT2D eigenvalue weighted by Gasteiger charge is 2.47. The third-order valence-electron chi connectivity index (χ3n) is 13.0. The van der Waals surface area contributed by atoms with Crippen molar-refractivity contribution >= 4 is 5.97 Å². The summed E-state index contributed by atoms with van der Waals surface area (Å²) in [5.74, 6) is -0.383. The number of rotatable bonds is 44. The number of carbonyl (C=O) groups excluding carboxylic acids is 1. The van der Waals surface area contributed by atoms with Crippen molar-refractivity contribution in [2.45, 2.75) is 255 Å². The van der Waals surface area contributed by atoms with E-state index in [-0.39, 0.29) is 25.6 Å². The zero-order chi connectivity index (χ0) is 52.3. The second-order valence-corrected chi connectivity index (χ2v) is 19.4. The van der Waals surface area contributed by atoms with E-state index in [1.54, 1.807) is 0 Å². The molecule has 11 atom stereocenters. The Balaban J connectivity index is 1.70. The topological polar surface area (TPSA) is 214 Å². The lowest BCUT2D eigenvalue weighted by atomic mass is 9.98. The highest BCUT2D eigenvalue weighted by Crippen LogP contribution is 2.26. The van der Waals surface area contributed by atoms with Gasteiger partial charge in [0.15, 0.2) is 12.6 Å². The van der Waals surface area contributed by atoms with E-state index < -0.39 is 80.7 Å². The third-order valence-corrected chi connectivity index (χ3v) is 13.0. The van der Waals surface area contributed by atoms with Crippen molar-refractivity contribution in [1.82, 2.24) is 0 Å². The van der Waals surface area contributed by atoms with Gasteiger partial charge in [-0.1, -0.05) is 189 Å². The van der Waals surface area contributed by atoms with E-state index in [0.717, 1.165) is 89.9 Å². The number of hydrogen-bond acceptors (Lipinski definition) is 14. The largest absolute Gasteiger partial charge is 0.457 e. The van der Waals surface area contributed by atoms with E-state index >= 15 is 0 Å². The van der Waals surface area contributed by atoms with Gasteiger partial charge < -0.3 is 64.2 Å². The Morgan fingerprint density at radius 3 is 1.42 bits per heavy atom. The molecule has 0 bridgehead atoms. The Kier molecular flexibility index (Phi) is 40.7. The summed E-state index contributed by atoms with van der Waals surface area (Å²) in [6.07, 6.45) is 39.6. The van der Waals surface area contributed by atoms with Crippen molar-refractivity contribution in [3.63, 3.8) is 0 Å². The molecule has 72 heavy (non-hydrogen) atoms. The number of unbranched alkanes of at least 4 members (excludes halogenated alkanes) is 18. The van der Waals surface area contributed by atoms with Crippen LogP contribution >= 0.6 is 0 Å². The van der Waals surface area contributed by atoms with Crippen molar-refractivity contribution in [3.8, 4) is 0 Å². The van der Waals surface area contributed by atoms with Crippen LogP contribution < -0.4 is 0 Å². The van der Waals surface area contributed by atoms with Crippen LogP contribution in [-0.4, -0.2) is 142 Å². The van der Waals surface area contributed by atoms with Crippen LogP contribution in [0.4, 0.5) is 0 Å². The first-order valence-electron chi connectivity index (χ1n) is 28.0. The van der Waals surface area contributed by atoms with Crippen LogP contribution in [0.15, 0.2) is 72.9 Å². The molecule has 0 aliphatic carbocycles. The summed E-state index contributed by atoms with van der Waals surface area (Å²) in [5.41, 5.74) is 0. The van der Waals surface area contributed by atoms with E-state index in [1.807, 2.05) is 0 Å². The fraction of sp³-hybridized carbons (Fsp3) is 0.776. The average Bonchev–Trinajstić information content (AvgIpc) is 3.38. The van der Waals surface area contributed by atoms with Gasteiger partial charge in [-0.05, 0) is 64.2 Å². The zero-order valence-corrected chi connectivity index (χ0v) is 44.4. The molecule has 416 valence electrons. The average molecular weight is 1020 g/mol. The number of ether oxygens (including phenoxy) is 6. The molecule has 2 saturated heterocycles. The number of aliphatic hydroxyl groups excluding tert-OH is 7. The fourth-order valence-corrected chi connectivity index (χ4v) is 8.46. The molecule has 0 aromatic heterocycles. The van der Waals surface area contributed by atoms with Crippen molar-refractivity contribution in [3.05, 3.63) is 72.9 Å². The van der Waals surface area contributed by atoms with Crippen LogP contribution in [0.25, 0.3) is 0 Å². The Labute approximate surface area is 434 Å². The number of hydrogen-bond donors (Lipinski definition) is 7. The van der Waals surface area contributed by atoms with Gasteiger partial charge in [-0.15, -0.1) is 0 Å². The second-order valence-electron chi connectivity index (χ2n) is 19.4. The van der Waals surface area contributed by atoms with Crippen LogP contribution in [0.2, 0.25) is 0 Å². The summed E-state index contributed by atoms with van der Waals surface area (Å²) in [4.78, 5) is 13.0. The first kappa shape index (κ1) is 65.5. The SMILES string of the molecule is CC/C=C\C/C=C\C/C=C\C/C=C\C/C=C\C/C=C\CCCCCCCCCOCC(COC1OC(COC2OC(CO)C(O)C(O)C2O)C(O)C(O)C1O)OC(=O)CCCCCCCCCCCCCC. The smallest absolute Gasteiger partial charge is 0.306 e. The molecular weight excluding hydrogens is 921 g/mol. The van der Waals surface area contributed by atoms with Gasteiger partial charge >= 0.3 is 5.97 Å². The number of carbonyl (C=O) groups is 1. The van der Waals surface area contributed by atoms with Gasteiger partial charge in [0.1, 0.15) is 54.9 Å². The summed E-state index contributed by atoms with van der Waals surface area (Å²) in [6.45, 7) is 3.54. The molecule has 0 amide bonds. The molecule has 0 aromatic carbocycles. The lowest BCUT2D eigenvalue weighted by Gasteiger charge is -2.42. The molecule has 2 heterocycles. The minimum Gasteiger partial charge on any atom is -0.457 e. The molecule has 14 nitrogen and oxygen atoms in total. The van der Waals surface area contributed by atoms with Gasteiger partial charge in [-0.3, -0.25) is 4.79 Å². The summed E-state index contributed by atoms with van der Waals surface area (Å²) in [7, 11) is 0. The zero-order valence-electron chi connectivity index (χ0n) is 44.4. The summed E-state index contributed by atoms with van der Waals surface area (Å²) in [5, 5.41) is 72.2. The van der Waals surface area contributed by atoms with Gasteiger partial charge in [-0.25, -0.2) is 0 Å². The first-order valence-corrected chi connectivity index (χ1v) is 28.0. The molecule has 2 fully saturated rings. The van der Waals surface area contributed by atoms with E-state index in [9.17, 15) is 40.5 Å². The third kappa shape index (κ3) is 31.3. The molecule has 7 N–H and O–H groups in total. The van der Waals surface area contributed by atoms with Crippen molar-refractivity contribution in [2.24, 2.45) is 0 Å². The van der Waals surface area contributed by atoms with Crippen molar-refractivity contribution in [1.29, 1.82) is 0 Å². The van der Waals surface area contributed by atoms with E-state index in [1.165, 1.54) is 70.6 Å². The second kappa shape index (κ2) is 44.7. The summed E-state index contributed by atoms with van der Waals surface area (Å²) in [6, 6.07) is 0. The predicted molar refractivity (Wildman–Crippen MR) is 284 cm³/mol.